The molecular formula is C22H29N5O2. The fourth-order valence-electron chi connectivity index (χ4n) is 3.84. The van der Waals surface area contributed by atoms with Gasteiger partial charge in [-0.3, -0.25) is 14.7 Å². The molecule has 0 bridgehead atoms. The van der Waals surface area contributed by atoms with E-state index >= 15 is 0 Å². The Morgan fingerprint density at radius 1 is 0.931 bits per heavy atom. The highest BCUT2D eigenvalue weighted by Gasteiger charge is 2.19. The molecule has 0 radical (unpaired) electrons. The average Bonchev–Trinajstić information content (AvgIpc) is 2.80. The SMILES string of the molecule is O=C(NCCN1CCOCC1)c1cncc(N2CCN(c3ccccc3)CC2)c1. The predicted molar refractivity (Wildman–Crippen MR) is 115 cm³/mol. The van der Waals surface area contributed by atoms with Gasteiger partial charge in [-0.15, -0.1) is 0 Å². The summed E-state index contributed by atoms with van der Waals surface area (Å²) in [5.41, 5.74) is 2.90. The second-order valence-corrected chi connectivity index (χ2v) is 7.45. The number of para-hydroxylation sites is 1. The molecule has 2 saturated heterocycles. The fourth-order valence-corrected chi connectivity index (χ4v) is 3.84. The van der Waals surface area contributed by atoms with Crippen LogP contribution in [0.25, 0.3) is 0 Å². The summed E-state index contributed by atoms with van der Waals surface area (Å²) >= 11 is 0. The second-order valence-electron chi connectivity index (χ2n) is 7.45. The second kappa shape index (κ2) is 9.71. The number of amides is 1. The van der Waals surface area contributed by atoms with Crippen molar-refractivity contribution in [3.8, 4) is 0 Å². The summed E-state index contributed by atoms with van der Waals surface area (Å²) in [4.78, 5) is 23.9. The van der Waals surface area contributed by atoms with Gasteiger partial charge in [0.2, 0.25) is 0 Å². The van der Waals surface area contributed by atoms with Gasteiger partial charge in [0.1, 0.15) is 0 Å². The number of piperazine rings is 1. The summed E-state index contributed by atoms with van der Waals surface area (Å²) in [7, 11) is 0. The lowest BCUT2D eigenvalue weighted by Gasteiger charge is -2.37. The van der Waals surface area contributed by atoms with Gasteiger partial charge in [-0.2, -0.15) is 0 Å². The van der Waals surface area contributed by atoms with Crippen molar-refractivity contribution in [2.45, 2.75) is 0 Å². The molecule has 7 heteroatoms. The molecule has 2 aromatic rings. The minimum absolute atomic E-state index is 0.0597. The zero-order chi connectivity index (χ0) is 19.9. The number of aromatic nitrogens is 1. The molecule has 2 fully saturated rings. The Morgan fingerprint density at radius 3 is 2.34 bits per heavy atom. The molecule has 1 aromatic heterocycles. The molecule has 2 aliphatic heterocycles. The summed E-state index contributed by atoms with van der Waals surface area (Å²) in [6.07, 6.45) is 3.50. The van der Waals surface area contributed by atoms with Gasteiger partial charge in [-0.25, -0.2) is 0 Å². The Kier molecular flexibility index (Phi) is 6.59. The molecule has 0 saturated carbocycles. The average molecular weight is 396 g/mol. The normalized spacial score (nSPS) is 17.9. The lowest BCUT2D eigenvalue weighted by atomic mass is 10.2. The van der Waals surface area contributed by atoms with E-state index in [9.17, 15) is 4.79 Å². The number of rotatable bonds is 6. The Balaban J connectivity index is 1.28. The third kappa shape index (κ3) is 5.25. The molecular weight excluding hydrogens is 366 g/mol. The van der Waals surface area contributed by atoms with Crippen LogP contribution in [0.2, 0.25) is 0 Å². The standard InChI is InChI=1S/C22H29N5O2/c28-22(24-6-7-25-12-14-29-15-13-25)19-16-21(18-23-17-19)27-10-8-26(9-11-27)20-4-2-1-3-5-20/h1-5,16-18H,6-15H2,(H,24,28). The van der Waals surface area contributed by atoms with Crippen LogP contribution in [-0.4, -0.2) is 81.4 Å². The van der Waals surface area contributed by atoms with E-state index in [4.69, 9.17) is 4.74 Å². The summed E-state index contributed by atoms with van der Waals surface area (Å²) in [6, 6.07) is 12.5. The number of morpholine rings is 1. The topological polar surface area (TPSA) is 60.9 Å². The smallest absolute Gasteiger partial charge is 0.252 e. The van der Waals surface area contributed by atoms with Crippen molar-refractivity contribution >= 4 is 17.3 Å². The van der Waals surface area contributed by atoms with Crippen LogP contribution in [0.4, 0.5) is 11.4 Å². The summed E-state index contributed by atoms with van der Waals surface area (Å²) in [6.45, 7) is 8.65. The molecule has 1 N–H and O–H groups in total. The number of nitrogens with zero attached hydrogens (tertiary/aromatic N) is 4. The molecule has 1 aromatic carbocycles. The molecule has 0 unspecified atom stereocenters. The zero-order valence-electron chi connectivity index (χ0n) is 16.8. The fraction of sp³-hybridized carbons (Fsp3) is 0.455. The number of benzene rings is 1. The van der Waals surface area contributed by atoms with Crippen LogP contribution >= 0.6 is 0 Å². The molecule has 0 aliphatic carbocycles. The van der Waals surface area contributed by atoms with Gasteiger partial charge in [0.25, 0.3) is 5.91 Å². The molecule has 0 spiro atoms. The number of carbonyl (C=O) groups excluding carboxylic acids is 1. The molecule has 154 valence electrons. The van der Waals surface area contributed by atoms with Gasteiger partial charge in [-0.1, -0.05) is 18.2 Å². The van der Waals surface area contributed by atoms with Crippen molar-refractivity contribution in [3.63, 3.8) is 0 Å². The highest BCUT2D eigenvalue weighted by molar-refractivity contribution is 5.94. The Hall–Kier alpha value is -2.64. The lowest BCUT2D eigenvalue weighted by Crippen LogP contribution is -2.46. The molecule has 1 amide bonds. The number of anilines is 2. The molecule has 4 rings (SSSR count). The molecule has 3 heterocycles. The van der Waals surface area contributed by atoms with E-state index in [1.54, 1.807) is 6.20 Å². The molecule has 0 atom stereocenters. The van der Waals surface area contributed by atoms with Crippen LogP contribution in [0.5, 0.6) is 0 Å². The maximum atomic E-state index is 12.5. The van der Waals surface area contributed by atoms with Gasteiger partial charge < -0.3 is 19.9 Å². The van der Waals surface area contributed by atoms with Crippen LogP contribution < -0.4 is 15.1 Å². The zero-order valence-corrected chi connectivity index (χ0v) is 16.8. The van der Waals surface area contributed by atoms with Gasteiger partial charge in [0.05, 0.1) is 30.7 Å². The Bertz CT molecular complexity index is 787. The van der Waals surface area contributed by atoms with Crippen molar-refractivity contribution in [3.05, 3.63) is 54.4 Å². The molecule has 29 heavy (non-hydrogen) atoms. The van der Waals surface area contributed by atoms with Crippen LogP contribution in [-0.2, 0) is 4.74 Å². The first-order valence-electron chi connectivity index (χ1n) is 10.4. The van der Waals surface area contributed by atoms with Gasteiger partial charge >= 0.3 is 0 Å². The van der Waals surface area contributed by atoms with Crippen LogP contribution in [0, 0.1) is 0 Å². The minimum Gasteiger partial charge on any atom is -0.379 e. The van der Waals surface area contributed by atoms with Crippen LogP contribution in [0.1, 0.15) is 10.4 Å². The van der Waals surface area contributed by atoms with Crippen LogP contribution in [0.15, 0.2) is 48.8 Å². The Morgan fingerprint density at radius 2 is 1.62 bits per heavy atom. The number of ether oxygens (including phenoxy) is 1. The lowest BCUT2D eigenvalue weighted by molar-refractivity contribution is 0.0383. The van der Waals surface area contributed by atoms with E-state index in [0.29, 0.717) is 12.1 Å². The van der Waals surface area contributed by atoms with E-state index in [2.05, 4.69) is 49.3 Å². The number of carbonyl (C=O) groups is 1. The van der Waals surface area contributed by atoms with Crippen molar-refractivity contribution in [1.82, 2.24) is 15.2 Å². The highest BCUT2D eigenvalue weighted by atomic mass is 16.5. The van der Waals surface area contributed by atoms with Gasteiger partial charge in [0, 0.05) is 64.2 Å². The van der Waals surface area contributed by atoms with Crippen molar-refractivity contribution in [1.29, 1.82) is 0 Å². The number of hydrogen-bond donors (Lipinski definition) is 1. The predicted octanol–water partition coefficient (Wildman–Crippen LogP) is 1.47. The minimum atomic E-state index is -0.0597. The largest absolute Gasteiger partial charge is 0.379 e. The first kappa shape index (κ1) is 19.7. The summed E-state index contributed by atoms with van der Waals surface area (Å²) < 4.78 is 5.35. The van der Waals surface area contributed by atoms with E-state index in [1.165, 1.54) is 5.69 Å². The highest BCUT2D eigenvalue weighted by Crippen LogP contribution is 2.20. The number of hydrogen-bond acceptors (Lipinski definition) is 6. The van der Waals surface area contributed by atoms with Crippen molar-refractivity contribution < 1.29 is 9.53 Å². The van der Waals surface area contributed by atoms with E-state index < -0.39 is 0 Å². The summed E-state index contributed by atoms with van der Waals surface area (Å²) in [5, 5.41) is 3.02. The Labute approximate surface area is 172 Å². The molecule has 2 aliphatic rings. The monoisotopic (exact) mass is 395 g/mol. The van der Waals surface area contributed by atoms with E-state index in [-0.39, 0.29) is 5.91 Å². The number of pyridine rings is 1. The van der Waals surface area contributed by atoms with Gasteiger partial charge in [-0.05, 0) is 18.2 Å². The quantitative estimate of drug-likeness (QED) is 0.799. The van der Waals surface area contributed by atoms with Crippen LogP contribution in [0.3, 0.4) is 0 Å². The first-order chi connectivity index (χ1) is 14.3. The number of nitrogens with one attached hydrogen (secondary N) is 1. The first-order valence-corrected chi connectivity index (χ1v) is 10.4. The van der Waals surface area contributed by atoms with E-state index in [0.717, 1.165) is 64.7 Å². The third-order valence-electron chi connectivity index (χ3n) is 5.57. The summed E-state index contributed by atoms with van der Waals surface area (Å²) in [5.74, 6) is -0.0597. The van der Waals surface area contributed by atoms with Crippen molar-refractivity contribution in [2.24, 2.45) is 0 Å². The van der Waals surface area contributed by atoms with Crippen molar-refractivity contribution in [2.75, 3.05) is 75.4 Å². The molecule has 7 nitrogen and oxygen atoms in total. The maximum absolute atomic E-state index is 12.5. The third-order valence-corrected chi connectivity index (χ3v) is 5.57. The van der Waals surface area contributed by atoms with E-state index in [1.807, 2.05) is 18.3 Å². The maximum Gasteiger partial charge on any atom is 0.252 e. The van der Waals surface area contributed by atoms with Gasteiger partial charge in [0.15, 0.2) is 0 Å².